The summed E-state index contributed by atoms with van der Waals surface area (Å²) < 4.78 is 5.86. The predicted octanol–water partition coefficient (Wildman–Crippen LogP) is 2.89. The van der Waals surface area contributed by atoms with Crippen LogP contribution in [0.2, 0.25) is 0 Å². The number of nitrogens with one attached hydrogen (secondary N) is 1. The maximum atomic E-state index is 11.9. The Balaban J connectivity index is 1.21. The van der Waals surface area contributed by atoms with E-state index in [0.29, 0.717) is 17.9 Å². The van der Waals surface area contributed by atoms with Crippen molar-refractivity contribution >= 4 is 5.91 Å². The third-order valence-electron chi connectivity index (χ3n) is 5.14. The van der Waals surface area contributed by atoms with Crippen LogP contribution in [0, 0.1) is 17.8 Å². The molecule has 3 aliphatic carbocycles. The second-order valence-corrected chi connectivity index (χ2v) is 6.70. The van der Waals surface area contributed by atoms with Gasteiger partial charge < -0.3 is 10.1 Å². The molecule has 3 heteroatoms. The summed E-state index contributed by atoms with van der Waals surface area (Å²) >= 11 is 0. The lowest BCUT2D eigenvalue weighted by Gasteiger charge is -2.22. The maximum Gasteiger partial charge on any atom is 0.223 e. The van der Waals surface area contributed by atoms with Crippen molar-refractivity contribution in [3.05, 3.63) is 0 Å². The highest BCUT2D eigenvalue weighted by molar-refractivity contribution is 5.79. The van der Waals surface area contributed by atoms with Crippen LogP contribution in [0.3, 0.4) is 0 Å². The molecule has 0 aromatic heterocycles. The van der Waals surface area contributed by atoms with Crippen molar-refractivity contribution < 1.29 is 9.53 Å². The van der Waals surface area contributed by atoms with E-state index in [1.165, 1.54) is 38.5 Å². The van der Waals surface area contributed by atoms with E-state index in [0.717, 1.165) is 44.2 Å². The van der Waals surface area contributed by atoms with Gasteiger partial charge in [0.15, 0.2) is 0 Å². The molecule has 3 nitrogen and oxygen atoms in total. The van der Waals surface area contributed by atoms with Gasteiger partial charge in [-0.1, -0.05) is 19.3 Å². The van der Waals surface area contributed by atoms with Gasteiger partial charge in [-0.15, -0.1) is 0 Å². The van der Waals surface area contributed by atoms with Crippen molar-refractivity contribution in [2.24, 2.45) is 17.8 Å². The van der Waals surface area contributed by atoms with Crippen molar-refractivity contribution in [1.29, 1.82) is 0 Å². The molecule has 0 saturated heterocycles. The quantitative estimate of drug-likeness (QED) is 0.750. The fraction of sp³-hybridized carbons (Fsp3) is 0.938. The van der Waals surface area contributed by atoms with E-state index in [1.807, 2.05) is 0 Å². The molecule has 2 unspecified atom stereocenters. The first-order valence-electron chi connectivity index (χ1n) is 8.22. The minimum atomic E-state index is 0.296. The third-order valence-corrected chi connectivity index (χ3v) is 5.14. The van der Waals surface area contributed by atoms with Gasteiger partial charge >= 0.3 is 0 Å². The molecule has 0 radical (unpaired) electrons. The molecule has 3 saturated carbocycles. The van der Waals surface area contributed by atoms with Crippen LogP contribution >= 0.6 is 0 Å². The Kier molecular flexibility index (Phi) is 4.42. The van der Waals surface area contributed by atoms with E-state index in [2.05, 4.69) is 5.32 Å². The summed E-state index contributed by atoms with van der Waals surface area (Å²) in [5.41, 5.74) is 0. The molecular weight excluding hydrogens is 238 g/mol. The molecule has 3 fully saturated rings. The van der Waals surface area contributed by atoms with E-state index in [9.17, 15) is 4.79 Å². The summed E-state index contributed by atoms with van der Waals surface area (Å²) in [4.78, 5) is 11.9. The van der Waals surface area contributed by atoms with Gasteiger partial charge in [-0.2, -0.15) is 0 Å². The third kappa shape index (κ3) is 3.71. The summed E-state index contributed by atoms with van der Waals surface area (Å²) in [5.74, 6) is 2.41. The highest BCUT2D eigenvalue weighted by atomic mass is 16.5. The van der Waals surface area contributed by atoms with E-state index < -0.39 is 0 Å². The van der Waals surface area contributed by atoms with Gasteiger partial charge in [-0.05, 0) is 50.4 Å². The summed E-state index contributed by atoms with van der Waals surface area (Å²) in [5, 5.41) is 3.08. The average Bonchev–Trinajstić information content (AvgIpc) is 3.06. The zero-order chi connectivity index (χ0) is 13.1. The minimum absolute atomic E-state index is 0.296. The largest absolute Gasteiger partial charge is 0.378 e. The SMILES string of the molecule is O=C(NCCCOC1CCCCC1)C1CC2CC2C1. The van der Waals surface area contributed by atoms with Crippen LogP contribution in [0.5, 0.6) is 0 Å². The van der Waals surface area contributed by atoms with Crippen molar-refractivity contribution in [2.75, 3.05) is 13.2 Å². The topological polar surface area (TPSA) is 38.3 Å². The molecule has 0 aromatic carbocycles. The number of hydrogen-bond acceptors (Lipinski definition) is 2. The number of fused-ring (bicyclic) bond motifs is 1. The lowest BCUT2D eigenvalue weighted by Crippen LogP contribution is -2.31. The van der Waals surface area contributed by atoms with Crippen LogP contribution < -0.4 is 5.32 Å². The lowest BCUT2D eigenvalue weighted by molar-refractivity contribution is -0.125. The number of ether oxygens (including phenoxy) is 1. The monoisotopic (exact) mass is 265 g/mol. The molecule has 0 spiro atoms. The van der Waals surface area contributed by atoms with Crippen LogP contribution in [0.25, 0.3) is 0 Å². The molecule has 2 atom stereocenters. The van der Waals surface area contributed by atoms with Crippen LogP contribution in [0.15, 0.2) is 0 Å². The van der Waals surface area contributed by atoms with Gasteiger partial charge in [0, 0.05) is 19.1 Å². The maximum absolute atomic E-state index is 11.9. The van der Waals surface area contributed by atoms with Gasteiger partial charge in [-0.3, -0.25) is 4.79 Å². The molecule has 3 rings (SSSR count). The Morgan fingerprint density at radius 1 is 1.05 bits per heavy atom. The van der Waals surface area contributed by atoms with Gasteiger partial charge in [0.2, 0.25) is 5.91 Å². The number of carbonyl (C=O) groups excluding carboxylic acids is 1. The first-order chi connectivity index (χ1) is 9.33. The molecule has 0 aliphatic heterocycles. The average molecular weight is 265 g/mol. The molecule has 0 heterocycles. The summed E-state index contributed by atoms with van der Waals surface area (Å²) in [6.07, 6.45) is 11.6. The Labute approximate surface area is 116 Å². The van der Waals surface area contributed by atoms with Crippen molar-refractivity contribution in [3.63, 3.8) is 0 Å². The fourth-order valence-corrected chi connectivity index (χ4v) is 3.84. The van der Waals surface area contributed by atoms with E-state index >= 15 is 0 Å². The first kappa shape index (κ1) is 13.4. The lowest BCUT2D eigenvalue weighted by atomic mass is 9.98. The predicted molar refractivity (Wildman–Crippen MR) is 74.8 cm³/mol. The number of amides is 1. The van der Waals surface area contributed by atoms with Gasteiger partial charge in [-0.25, -0.2) is 0 Å². The number of hydrogen-bond donors (Lipinski definition) is 1. The summed E-state index contributed by atoms with van der Waals surface area (Å²) in [6.45, 7) is 1.60. The molecule has 19 heavy (non-hydrogen) atoms. The Bertz CT molecular complexity index is 302. The van der Waals surface area contributed by atoms with Gasteiger partial charge in [0.05, 0.1) is 6.10 Å². The Morgan fingerprint density at radius 2 is 1.79 bits per heavy atom. The highest BCUT2D eigenvalue weighted by Gasteiger charge is 2.47. The van der Waals surface area contributed by atoms with Gasteiger partial charge in [0.1, 0.15) is 0 Å². The molecule has 1 amide bonds. The second-order valence-electron chi connectivity index (χ2n) is 6.70. The molecule has 1 N–H and O–H groups in total. The smallest absolute Gasteiger partial charge is 0.223 e. The standard InChI is InChI=1S/C16H27NO2/c18-16(14-10-12-9-13(12)11-14)17-7-4-8-19-15-5-2-1-3-6-15/h12-15H,1-11H2,(H,17,18). The Morgan fingerprint density at radius 3 is 2.53 bits per heavy atom. The van der Waals surface area contributed by atoms with Crippen LogP contribution in [0.4, 0.5) is 0 Å². The number of rotatable bonds is 6. The fourth-order valence-electron chi connectivity index (χ4n) is 3.84. The van der Waals surface area contributed by atoms with Crippen molar-refractivity contribution in [3.8, 4) is 0 Å². The zero-order valence-electron chi connectivity index (χ0n) is 11.9. The highest BCUT2D eigenvalue weighted by Crippen LogP contribution is 2.54. The van der Waals surface area contributed by atoms with E-state index in [1.54, 1.807) is 0 Å². The van der Waals surface area contributed by atoms with E-state index in [-0.39, 0.29) is 0 Å². The minimum Gasteiger partial charge on any atom is -0.378 e. The molecular formula is C16H27NO2. The molecule has 108 valence electrons. The van der Waals surface area contributed by atoms with E-state index in [4.69, 9.17) is 4.74 Å². The molecule has 0 bridgehead atoms. The van der Waals surface area contributed by atoms with Crippen LogP contribution in [0.1, 0.15) is 57.8 Å². The van der Waals surface area contributed by atoms with Crippen LogP contribution in [-0.2, 0) is 9.53 Å². The summed E-state index contributed by atoms with van der Waals surface area (Å²) in [6, 6.07) is 0. The molecule has 3 aliphatic rings. The molecule has 0 aromatic rings. The Hall–Kier alpha value is -0.570. The van der Waals surface area contributed by atoms with Gasteiger partial charge in [0.25, 0.3) is 0 Å². The van der Waals surface area contributed by atoms with Crippen molar-refractivity contribution in [2.45, 2.75) is 63.9 Å². The second kappa shape index (κ2) is 6.25. The van der Waals surface area contributed by atoms with Crippen molar-refractivity contribution in [1.82, 2.24) is 5.32 Å². The van der Waals surface area contributed by atoms with Crippen LogP contribution in [-0.4, -0.2) is 25.2 Å². The zero-order valence-corrected chi connectivity index (χ0v) is 11.9. The normalized spacial score (nSPS) is 34.0. The number of carbonyl (C=O) groups is 1. The summed E-state index contributed by atoms with van der Waals surface area (Å²) in [7, 11) is 0. The first-order valence-corrected chi connectivity index (χ1v) is 8.22.